The van der Waals surface area contributed by atoms with Gasteiger partial charge in [-0.15, -0.1) is 0 Å². The van der Waals surface area contributed by atoms with Gasteiger partial charge < -0.3 is 10.5 Å². The molecule has 19 heavy (non-hydrogen) atoms. The summed E-state index contributed by atoms with van der Waals surface area (Å²) in [6.45, 7) is 1.74. The lowest BCUT2D eigenvalue weighted by molar-refractivity contribution is 0.441. The van der Waals surface area contributed by atoms with E-state index in [0.29, 0.717) is 16.3 Å². The maximum atomic E-state index is 13.7. The van der Waals surface area contributed by atoms with Crippen LogP contribution >= 0.6 is 11.6 Å². The number of benzene rings is 2. The van der Waals surface area contributed by atoms with E-state index in [1.165, 1.54) is 24.3 Å². The molecule has 2 aromatic rings. The van der Waals surface area contributed by atoms with Crippen LogP contribution in [0.25, 0.3) is 0 Å². The first kappa shape index (κ1) is 13.2. The molecule has 0 bridgehead atoms. The highest BCUT2D eigenvalue weighted by molar-refractivity contribution is 6.30. The third-order valence-corrected chi connectivity index (χ3v) is 2.84. The number of nitrogen functional groups attached to an aromatic ring is 1. The molecule has 0 saturated carbocycles. The number of nitriles is 1. The molecule has 0 atom stereocenters. The maximum absolute atomic E-state index is 13.7. The van der Waals surface area contributed by atoms with Crippen LogP contribution in [0.1, 0.15) is 11.1 Å². The first-order chi connectivity index (χ1) is 9.01. The molecule has 0 spiro atoms. The van der Waals surface area contributed by atoms with Crippen molar-refractivity contribution in [1.82, 2.24) is 0 Å². The van der Waals surface area contributed by atoms with Crippen molar-refractivity contribution in [2.45, 2.75) is 6.92 Å². The second-order valence-electron chi connectivity index (χ2n) is 3.99. The molecule has 0 aliphatic carbocycles. The molecule has 2 aromatic carbocycles. The zero-order valence-electron chi connectivity index (χ0n) is 10.1. The minimum atomic E-state index is -0.582. The van der Waals surface area contributed by atoms with E-state index in [9.17, 15) is 4.39 Å². The molecular weight excluding hydrogens is 267 g/mol. The van der Waals surface area contributed by atoms with Crippen LogP contribution in [0.2, 0.25) is 5.02 Å². The van der Waals surface area contributed by atoms with Crippen molar-refractivity contribution in [3.05, 3.63) is 52.3 Å². The SMILES string of the molecule is Cc1cc(Oc2ccc(Cl)cc2C#N)c(F)cc1N. The van der Waals surface area contributed by atoms with Gasteiger partial charge in [-0.3, -0.25) is 0 Å². The van der Waals surface area contributed by atoms with E-state index >= 15 is 0 Å². The lowest BCUT2D eigenvalue weighted by atomic mass is 10.2. The van der Waals surface area contributed by atoms with Crippen molar-refractivity contribution in [1.29, 1.82) is 5.26 Å². The summed E-state index contributed by atoms with van der Waals surface area (Å²) in [5.74, 6) is -0.317. The van der Waals surface area contributed by atoms with Gasteiger partial charge in [0.05, 0.1) is 5.56 Å². The van der Waals surface area contributed by atoms with Crippen LogP contribution in [0.5, 0.6) is 11.5 Å². The topological polar surface area (TPSA) is 59.0 Å². The second-order valence-corrected chi connectivity index (χ2v) is 4.43. The van der Waals surface area contributed by atoms with Crippen molar-refractivity contribution < 1.29 is 9.13 Å². The Bertz CT molecular complexity index is 680. The lowest BCUT2D eigenvalue weighted by Crippen LogP contribution is -1.96. The average molecular weight is 277 g/mol. The Labute approximate surface area is 115 Å². The monoisotopic (exact) mass is 276 g/mol. The van der Waals surface area contributed by atoms with Crippen molar-refractivity contribution in [3.8, 4) is 17.6 Å². The lowest BCUT2D eigenvalue weighted by Gasteiger charge is -2.10. The molecule has 0 unspecified atom stereocenters. The maximum Gasteiger partial charge on any atom is 0.167 e. The Morgan fingerprint density at radius 1 is 1.26 bits per heavy atom. The number of anilines is 1. The van der Waals surface area contributed by atoms with Crippen LogP contribution in [-0.2, 0) is 0 Å². The number of nitrogens with two attached hydrogens (primary N) is 1. The van der Waals surface area contributed by atoms with Gasteiger partial charge in [-0.25, -0.2) is 4.39 Å². The number of ether oxygens (including phenoxy) is 1. The van der Waals surface area contributed by atoms with Crippen molar-refractivity contribution in [2.75, 3.05) is 5.73 Å². The number of hydrogen-bond acceptors (Lipinski definition) is 3. The molecule has 2 rings (SSSR count). The van der Waals surface area contributed by atoms with Gasteiger partial charge in [0.2, 0.25) is 0 Å². The predicted molar refractivity (Wildman–Crippen MR) is 71.8 cm³/mol. The first-order valence-corrected chi connectivity index (χ1v) is 5.82. The summed E-state index contributed by atoms with van der Waals surface area (Å²) in [6.07, 6.45) is 0. The standard InChI is InChI=1S/C14H10ClFN2O/c1-8-4-14(11(16)6-12(8)18)19-13-3-2-10(15)5-9(13)7-17/h2-6H,18H2,1H3. The molecule has 0 amide bonds. The predicted octanol–water partition coefficient (Wildman–Crippen LogP) is 4.03. The molecule has 0 heterocycles. The molecule has 0 aliphatic rings. The average Bonchev–Trinajstić information content (AvgIpc) is 2.37. The number of aryl methyl sites for hydroxylation is 1. The Morgan fingerprint density at radius 3 is 2.68 bits per heavy atom. The Morgan fingerprint density at radius 2 is 2.00 bits per heavy atom. The third-order valence-electron chi connectivity index (χ3n) is 2.60. The normalized spacial score (nSPS) is 10.0. The Balaban J connectivity index is 2.42. The van der Waals surface area contributed by atoms with Gasteiger partial charge in [-0.05, 0) is 36.8 Å². The van der Waals surface area contributed by atoms with Gasteiger partial charge in [-0.2, -0.15) is 5.26 Å². The van der Waals surface area contributed by atoms with Crippen LogP contribution in [0.3, 0.4) is 0 Å². The minimum absolute atomic E-state index is 0.0190. The molecule has 0 radical (unpaired) electrons. The van der Waals surface area contributed by atoms with E-state index in [2.05, 4.69) is 0 Å². The summed E-state index contributed by atoms with van der Waals surface area (Å²) in [4.78, 5) is 0. The molecule has 0 aliphatic heterocycles. The molecular formula is C14H10ClFN2O. The number of rotatable bonds is 2. The molecule has 96 valence electrons. The summed E-state index contributed by atoms with van der Waals surface area (Å²) in [5, 5.41) is 9.40. The number of hydrogen-bond donors (Lipinski definition) is 1. The van der Waals surface area contributed by atoms with Gasteiger partial charge in [0.25, 0.3) is 0 Å². The van der Waals surface area contributed by atoms with Crippen molar-refractivity contribution in [2.24, 2.45) is 0 Å². The molecule has 5 heteroatoms. The van der Waals surface area contributed by atoms with Gasteiger partial charge in [-0.1, -0.05) is 11.6 Å². The summed E-state index contributed by atoms with van der Waals surface area (Å²) < 4.78 is 19.1. The van der Waals surface area contributed by atoms with Crippen LogP contribution in [0.15, 0.2) is 30.3 Å². The van der Waals surface area contributed by atoms with E-state index < -0.39 is 5.82 Å². The van der Waals surface area contributed by atoms with Crippen LogP contribution < -0.4 is 10.5 Å². The third kappa shape index (κ3) is 2.78. The second kappa shape index (κ2) is 5.17. The number of nitrogens with zero attached hydrogens (tertiary/aromatic N) is 1. The fourth-order valence-corrected chi connectivity index (χ4v) is 1.72. The highest BCUT2D eigenvalue weighted by Gasteiger charge is 2.11. The highest BCUT2D eigenvalue weighted by Crippen LogP contribution is 2.31. The van der Waals surface area contributed by atoms with Gasteiger partial charge in [0.1, 0.15) is 11.8 Å². The molecule has 0 aromatic heterocycles. The minimum Gasteiger partial charge on any atom is -0.453 e. The summed E-state index contributed by atoms with van der Waals surface area (Å²) in [5.41, 5.74) is 6.88. The van der Waals surface area contributed by atoms with Crippen molar-refractivity contribution in [3.63, 3.8) is 0 Å². The fraction of sp³-hybridized carbons (Fsp3) is 0.0714. The summed E-state index contributed by atoms with van der Waals surface area (Å²) in [7, 11) is 0. The van der Waals surface area contributed by atoms with Gasteiger partial charge in [0, 0.05) is 16.8 Å². The van der Waals surface area contributed by atoms with E-state index in [1.54, 1.807) is 13.0 Å². The van der Waals surface area contributed by atoms with E-state index in [-0.39, 0.29) is 17.1 Å². The Hall–Kier alpha value is -2.25. The molecule has 0 saturated heterocycles. The van der Waals surface area contributed by atoms with Gasteiger partial charge in [0.15, 0.2) is 11.6 Å². The van der Waals surface area contributed by atoms with Crippen molar-refractivity contribution >= 4 is 17.3 Å². The van der Waals surface area contributed by atoms with Crippen LogP contribution in [0.4, 0.5) is 10.1 Å². The van der Waals surface area contributed by atoms with E-state index in [0.717, 1.165) is 0 Å². The Kier molecular flexibility index (Phi) is 3.59. The number of halogens is 2. The molecule has 0 fully saturated rings. The van der Waals surface area contributed by atoms with E-state index in [4.69, 9.17) is 27.3 Å². The van der Waals surface area contributed by atoms with E-state index in [1.807, 2.05) is 6.07 Å². The zero-order valence-corrected chi connectivity index (χ0v) is 10.8. The first-order valence-electron chi connectivity index (χ1n) is 5.44. The van der Waals surface area contributed by atoms with Crippen LogP contribution in [0, 0.1) is 24.1 Å². The zero-order chi connectivity index (χ0) is 14.0. The quantitative estimate of drug-likeness (QED) is 0.842. The largest absolute Gasteiger partial charge is 0.453 e. The summed E-state index contributed by atoms with van der Waals surface area (Å²) in [6, 6.07) is 9.17. The smallest absolute Gasteiger partial charge is 0.167 e. The fourth-order valence-electron chi connectivity index (χ4n) is 1.55. The van der Waals surface area contributed by atoms with Crippen LogP contribution in [-0.4, -0.2) is 0 Å². The van der Waals surface area contributed by atoms with Gasteiger partial charge >= 0.3 is 0 Å². The highest BCUT2D eigenvalue weighted by atomic mass is 35.5. The summed E-state index contributed by atoms with van der Waals surface area (Å²) >= 11 is 5.78. The molecule has 3 nitrogen and oxygen atoms in total. The molecule has 2 N–H and O–H groups in total.